The average Bonchev–Trinajstić information content (AvgIpc) is 2.27. The highest BCUT2D eigenvalue weighted by atomic mass is 16.3. The van der Waals surface area contributed by atoms with Crippen LogP contribution in [-0.2, 0) is 10.4 Å². The number of hydrogen-bond acceptors (Lipinski definition) is 2. The fraction of sp³-hybridized carbons (Fsp3) is 0.308. The van der Waals surface area contributed by atoms with Crippen LogP contribution in [0.5, 0.6) is 0 Å². The number of nitrogens with one attached hydrogen (secondary N) is 1. The third-order valence-corrected chi connectivity index (χ3v) is 2.29. The molecule has 1 amide bonds. The van der Waals surface area contributed by atoms with Gasteiger partial charge in [0.05, 0.1) is 18.6 Å². The summed E-state index contributed by atoms with van der Waals surface area (Å²) in [4.78, 5) is 11.4. The predicted molar refractivity (Wildman–Crippen MR) is 62.5 cm³/mol. The van der Waals surface area contributed by atoms with Crippen LogP contribution in [0.3, 0.4) is 0 Å². The summed E-state index contributed by atoms with van der Waals surface area (Å²) in [5.41, 5.74) is -0.453. The van der Waals surface area contributed by atoms with Gasteiger partial charge in [-0.3, -0.25) is 4.79 Å². The molecule has 1 atom stereocenters. The van der Waals surface area contributed by atoms with Gasteiger partial charge in [-0.15, -0.1) is 6.42 Å². The third-order valence-electron chi connectivity index (χ3n) is 2.29. The van der Waals surface area contributed by atoms with Crippen molar-refractivity contribution < 1.29 is 9.90 Å². The first-order valence-corrected chi connectivity index (χ1v) is 5.04. The van der Waals surface area contributed by atoms with Crippen molar-refractivity contribution in [3.05, 3.63) is 35.9 Å². The van der Waals surface area contributed by atoms with Gasteiger partial charge in [-0.25, -0.2) is 0 Å². The molecule has 84 valence electrons. The molecule has 0 aliphatic carbocycles. The lowest BCUT2D eigenvalue weighted by atomic mass is 9.92. The Morgan fingerprint density at radius 2 is 2.12 bits per heavy atom. The van der Waals surface area contributed by atoms with Crippen LogP contribution >= 0.6 is 0 Å². The van der Waals surface area contributed by atoms with E-state index in [0.29, 0.717) is 5.56 Å². The van der Waals surface area contributed by atoms with Crippen molar-refractivity contribution in [2.24, 2.45) is 0 Å². The van der Waals surface area contributed by atoms with Crippen LogP contribution < -0.4 is 5.32 Å². The van der Waals surface area contributed by atoms with Crippen LogP contribution in [0.1, 0.15) is 18.9 Å². The molecule has 16 heavy (non-hydrogen) atoms. The zero-order chi connectivity index (χ0) is 12.0. The average molecular weight is 217 g/mol. The lowest BCUT2D eigenvalue weighted by molar-refractivity contribution is -0.125. The van der Waals surface area contributed by atoms with Crippen molar-refractivity contribution in [1.29, 1.82) is 0 Å². The Hall–Kier alpha value is -1.79. The lowest BCUT2D eigenvalue weighted by Gasteiger charge is -2.22. The summed E-state index contributed by atoms with van der Waals surface area (Å²) < 4.78 is 0. The van der Waals surface area contributed by atoms with E-state index >= 15 is 0 Å². The summed E-state index contributed by atoms with van der Waals surface area (Å²) in [6.45, 7) is 1.79. The van der Waals surface area contributed by atoms with E-state index in [2.05, 4.69) is 11.2 Å². The quantitative estimate of drug-likeness (QED) is 0.740. The number of terminal acetylenes is 1. The molecular weight excluding hydrogens is 202 g/mol. The summed E-state index contributed by atoms with van der Waals surface area (Å²) in [6, 6.07) is 9.08. The van der Waals surface area contributed by atoms with Crippen molar-refractivity contribution in [2.45, 2.75) is 18.9 Å². The first-order valence-electron chi connectivity index (χ1n) is 5.04. The van der Waals surface area contributed by atoms with Gasteiger partial charge in [0.25, 0.3) is 0 Å². The highest BCUT2D eigenvalue weighted by molar-refractivity contribution is 5.77. The number of carbonyl (C=O) groups excluding carboxylic acids is 1. The number of amides is 1. The van der Waals surface area contributed by atoms with Crippen LogP contribution in [0.2, 0.25) is 0 Å². The molecule has 0 bridgehead atoms. The van der Waals surface area contributed by atoms with E-state index in [9.17, 15) is 9.90 Å². The molecule has 3 nitrogen and oxygen atoms in total. The topological polar surface area (TPSA) is 49.3 Å². The number of rotatable bonds is 4. The van der Waals surface area contributed by atoms with Crippen LogP contribution in [0.4, 0.5) is 0 Å². The Kier molecular flexibility index (Phi) is 4.10. The molecule has 1 aromatic rings. The minimum Gasteiger partial charge on any atom is -0.385 e. The maximum absolute atomic E-state index is 11.4. The molecule has 0 saturated heterocycles. The van der Waals surface area contributed by atoms with E-state index in [0.717, 1.165) is 0 Å². The Bertz CT molecular complexity index is 390. The fourth-order valence-electron chi connectivity index (χ4n) is 1.42. The molecule has 2 N–H and O–H groups in total. The van der Waals surface area contributed by atoms with Gasteiger partial charge in [0, 0.05) is 0 Å². The van der Waals surface area contributed by atoms with Gasteiger partial charge in [-0.1, -0.05) is 36.3 Å². The second-order valence-electron chi connectivity index (χ2n) is 3.80. The van der Waals surface area contributed by atoms with E-state index < -0.39 is 5.60 Å². The Balaban J connectivity index is 2.66. The number of carbonyl (C=O) groups is 1. The van der Waals surface area contributed by atoms with Crippen molar-refractivity contribution in [3.63, 3.8) is 0 Å². The predicted octanol–water partition coefficient (Wildman–Crippen LogP) is 1.03. The first kappa shape index (κ1) is 12.3. The number of benzene rings is 1. The lowest BCUT2D eigenvalue weighted by Crippen LogP contribution is -2.32. The molecule has 0 aromatic heterocycles. The summed E-state index contributed by atoms with van der Waals surface area (Å²) >= 11 is 0. The maximum atomic E-state index is 11.4. The zero-order valence-electron chi connectivity index (χ0n) is 9.23. The highest BCUT2D eigenvalue weighted by Gasteiger charge is 2.25. The Labute approximate surface area is 95.5 Å². The molecule has 0 spiro atoms. The molecule has 0 aliphatic heterocycles. The second kappa shape index (κ2) is 5.34. The van der Waals surface area contributed by atoms with E-state index in [-0.39, 0.29) is 18.9 Å². The fourth-order valence-corrected chi connectivity index (χ4v) is 1.42. The van der Waals surface area contributed by atoms with Gasteiger partial charge < -0.3 is 10.4 Å². The normalized spacial score (nSPS) is 13.6. The highest BCUT2D eigenvalue weighted by Crippen LogP contribution is 2.23. The summed E-state index contributed by atoms with van der Waals surface area (Å²) in [5, 5.41) is 12.7. The van der Waals surface area contributed by atoms with E-state index in [1.165, 1.54) is 0 Å². The molecular formula is C13H15NO2. The monoisotopic (exact) mass is 217 g/mol. The van der Waals surface area contributed by atoms with Gasteiger partial charge in [0.1, 0.15) is 0 Å². The summed E-state index contributed by atoms with van der Waals surface area (Å²) in [7, 11) is 0. The van der Waals surface area contributed by atoms with Gasteiger partial charge in [-0.2, -0.15) is 0 Å². The third kappa shape index (κ3) is 3.41. The van der Waals surface area contributed by atoms with Crippen LogP contribution in [0.15, 0.2) is 30.3 Å². The molecule has 0 heterocycles. The van der Waals surface area contributed by atoms with E-state index in [1.807, 2.05) is 18.2 Å². The van der Waals surface area contributed by atoms with Crippen molar-refractivity contribution >= 4 is 5.91 Å². The summed E-state index contributed by atoms with van der Waals surface area (Å²) in [5.74, 6) is 2.05. The molecule has 1 unspecified atom stereocenters. The van der Waals surface area contributed by atoms with E-state index in [1.54, 1.807) is 19.1 Å². The van der Waals surface area contributed by atoms with Crippen molar-refractivity contribution in [2.75, 3.05) is 6.54 Å². The molecule has 1 aromatic carbocycles. The number of aliphatic hydroxyl groups is 1. The Morgan fingerprint density at radius 3 is 2.69 bits per heavy atom. The zero-order valence-corrected chi connectivity index (χ0v) is 9.23. The first-order chi connectivity index (χ1) is 7.56. The van der Waals surface area contributed by atoms with Gasteiger partial charge in [0.2, 0.25) is 5.91 Å². The van der Waals surface area contributed by atoms with Crippen LogP contribution in [-0.4, -0.2) is 17.6 Å². The largest absolute Gasteiger partial charge is 0.385 e. The SMILES string of the molecule is C#CCNC(=O)CC(C)(O)c1ccccc1. The Morgan fingerprint density at radius 1 is 1.50 bits per heavy atom. The van der Waals surface area contributed by atoms with Crippen molar-refractivity contribution in [3.8, 4) is 12.3 Å². The maximum Gasteiger partial charge on any atom is 0.223 e. The van der Waals surface area contributed by atoms with Crippen LogP contribution in [0, 0.1) is 12.3 Å². The smallest absolute Gasteiger partial charge is 0.223 e. The number of hydrogen-bond donors (Lipinski definition) is 2. The minimum absolute atomic E-state index is 0.00130. The molecule has 1 rings (SSSR count). The molecule has 0 radical (unpaired) electrons. The molecule has 0 saturated carbocycles. The standard InChI is InChI=1S/C13H15NO2/c1-3-9-14-12(15)10-13(2,16)11-7-5-4-6-8-11/h1,4-8,16H,9-10H2,2H3,(H,14,15). The summed E-state index contributed by atoms with van der Waals surface area (Å²) in [6.07, 6.45) is 5.02. The van der Waals surface area contributed by atoms with Gasteiger partial charge in [-0.05, 0) is 12.5 Å². The van der Waals surface area contributed by atoms with Crippen molar-refractivity contribution in [1.82, 2.24) is 5.32 Å². The van der Waals surface area contributed by atoms with Gasteiger partial charge >= 0.3 is 0 Å². The second-order valence-corrected chi connectivity index (χ2v) is 3.80. The molecule has 3 heteroatoms. The minimum atomic E-state index is -1.17. The van der Waals surface area contributed by atoms with Gasteiger partial charge in [0.15, 0.2) is 0 Å². The molecule has 0 aliphatic rings. The van der Waals surface area contributed by atoms with E-state index in [4.69, 9.17) is 6.42 Å². The molecule has 0 fully saturated rings. The van der Waals surface area contributed by atoms with Crippen LogP contribution in [0.25, 0.3) is 0 Å².